The Hall–Kier alpha value is -0.930. The first kappa shape index (κ1) is 19.1. The number of hydrogen-bond acceptors (Lipinski definition) is 5. The Morgan fingerprint density at radius 3 is 2.82 bits per heavy atom. The number of sulfonamides is 1. The van der Waals surface area contributed by atoms with E-state index in [-0.39, 0.29) is 35.7 Å². The Morgan fingerprint density at radius 2 is 2.18 bits per heavy atom. The van der Waals surface area contributed by atoms with Gasteiger partial charge in [-0.3, -0.25) is 0 Å². The highest BCUT2D eigenvalue weighted by atomic mass is 35.5. The number of halogens is 2. The van der Waals surface area contributed by atoms with Crippen molar-refractivity contribution >= 4 is 22.4 Å². The van der Waals surface area contributed by atoms with Gasteiger partial charge < -0.3 is 14.8 Å². The largest absolute Gasteiger partial charge is 0.490 e. The third-order valence-electron chi connectivity index (χ3n) is 3.12. The summed E-state index contributed by atoms with van der Waals surface area (Å²) in [6.07, 6.45) is 0.703. The summed E-state index contributed by atoms with van der Waals surface area (Å²) in [6.45, 7) is 1.83. The molecule has 1 aliphatic heterocycles. The van der Waals surface area contributed by atoms with Crippen molar-refractivity contribution in [2.24, 2.45) is 0 Å². The maximum absolute atomic E-state index is 13.4. The van der Waals surface area contributed by atoms with Crippen LogP contribution in [0.25, 0.3) is 0 Å². The molecule has 1 unspecified atom stereocenters. The van der Waals surface area contributed by atoms with E-state index in [1.165, 1.54) is 13.2 Å². The van der Waals surface area contributed by atoms with Crippen molar-refractivity contribution in [2.75, 3.05) is 33.4 Å². The molecule has 1 fully saturated rings. The highest BCUT2D eigenvalue weighted by Gasteiger charge is 2.26. The topological polar surface area (TPSA) is 76.7 Å². The van der Waals surface area contributed by atoms with Crippen LogP contribution in [-0.2, 0) is 14.8 Å². The molecule has 1 aliphatic rings. The van der Waals surface area contributed by atoms with Crippen LogP contribution in [0.15, 0.2) is 23.1 Å². The molecule has 1 saturated heterocycles. The molecule has 0 bridgehead atoms. The molecule has 1 atom stereocenters. The quantitative estimate of drug-likeness (QED) is 0.712. The van der Waals surface area contributed by atoms with Gasteiger partial charge in [-0.05, 0) is 31.2 Å². The minimum Gasteiger partial charge on any atom is -0.490 e. The highest BCUT2D eigenvalue weighted by Crippen LogP contribution is 2.25. The SMILES string of the molecule is COCCOc1ccc(F)cc1S(=O)(=O)NC1CCNC1.Cl. The number of nitrogens with one attached hydrogen (secondary N) is 2. The number of hydrogen-bond donors (Lipinski definition) is 2. The van der Waals surface area contributed by atoms with Gasteiger partial charge in [0.1, 0.15) is 23.1 Å². The molecule has 2 rings (SSSR count). The smallest absolute Gasteiger partial charge is 0.244 e. The van der Waals surface area contributed by atoms with E-state index in [1.54, 1.807) is 0 Å². The summed E-state index contributed by atoms with van der Waals surface area (Å²) in [4.78, 5) is -0.189. The molecule has 0 saturated carbocycles. The van der Waals surface area contributed by atoms with Gasteiger partial charge in [0, 0.05) is 19.7 Å². The summed E-state index contributed by atoms with van der Waals surface area (Å²) in [5.74, 6) is -0.508. The van der Waals surface area contributed by atoms with Crippen LogP contribution in [-0.4, -0.2) is 47.9 Å². The fraction of sp³-hybridized carbons (Fsp3) is 0.538. The molecule has 0 spiro atoms. The van der Waals surface area contributed by atoms with Crippen molar-refractivity contribution < 1.29 is 22.3 Å². The monoisotopic (exact) mass is 354 g/mol. The molecule has 0 aromatic heterocycles. The third-order valence-corrected chi connectivity index (χ3v) is 4.66. The van der Waals surface area contributed by atoms with Crippen LogP contribution in [0.3, 0.4) is 0 Å². The molecule has 1 aromatic rings. The summed E-state index contributed by atoms with van der Waals surface area (Å²) >= 11 is 0. The molecule has 0 amide bonds. The Morgan fingerprint density at radius 1 is 1.41 bits per heavy atom. The van der Waals surface area contributed by atoms with E-state index in [9.17, 15) is 12.8 Å². The lowest BCUT2D eigenvalue weighted by Crippen LogP contribution is -2.36. The van der Waals surface area contributed by atoms with Crippen molar-refractivity contribution in [3.05, 3.63) is 24.0 Å². The second kappa shape index (κ2) is 8.64. The van der Waals surface area contributed by atoms with Gasteiger partial charge >= 0.3 is 0 Å². The third kappa shape index (κ3) is 5.06. The van der Waals surface area contributed by atoms with E-state index < -0.39 is 15.8 Å². The van der Waals surface area contributed by atoms with Gasteiger partial charge in [-0.25, -0.2) is 17.5 Å². The van der Waals surface area contributed by atoms with E-state index in [0.717, 1.165) is 18.7 Å². The second-order valence-electron chi connectivity index (χ2n) is 4.74. The maximum atomic E-state index is 13.4. The first-order valence-corrected chi connectivity index (χ1v) is 8.15. The molecule has 6 nitrogen and oxygen atoms in total. The molecule has 22 heavy (non-hydrogen) atoms. The maximum Gasteiger partial charge on any atom is 0.244 e. The van der Waals surface area contributed by atoms with Crippen molar-refractivity contribution in [3.63, 3.8) is 0 Å². The van der Waals surface area contributed by atoms with Crippen LogP contribution in [0.4, 0.5) is 4.39 Å². The zero-order valence-electron chi connectivity index (χ0n) is 12.2. The summed E-state index contributed by atoms with van der Waals surface area (Å²) in [5, 5.41) is 3.07. The fourth-order valence-electron chi connectivity index (χ4n) is 2.08. The van der Waals surface area contributed by atoms with Crippen molar-refractivity contribution in [2.45, 2.75) is 17.4 Å². The summed E-state index contributed by atoms with van der Waals surface area (Å²) in [6, 6.07) is 3.25. The average molecular weight is 355 g/mol. The number of ether oxygens (including phenoxy) is 2. The summed E-state index contributed by atoms with van der Waals surface area (Å²) in [5.41, 5.74) is 0. The first-order valence-electron chi connectivity index (χ1n) is 6.67. The number of benzene rings is 1. The van der Waals surface area contributed by atoms with Gasteiger partial charge in [0.05, 0.1) is 6.61 Å². The van der Waals surface area contributed by atoms with Gasteiger partial charge in [0.15, 0.2) is 0 Å². The molecule has 0 aliphatic carbocycles. The van der Waals surface area contributed by atoms with Crippen LogP contribution >= 0.6 is 12.4 Å². The Bertz CT molecular complexity index is 579. The van der Waals surface area contributed by atoms with Crippen LogP contribution in [0.2, 0.25) is 0 Å². The van der Waals surface area contributed by atoms with Gasteiger partial charge in [-0.15, -0.1) is 12.4 Å². The van der Waals surface area contributed by atoms with Crippen molar-refractivity contribution in [1.82, 2.24) is 10.0 Å². The molecule has 2 N–H and O–H groups in total. The number of rotatable bonds is 7. The van der Waals surface area contributed by atoms with E-state index in [0.29, 0.717) is 19.6 Å². The summed E-state index contributed by atoms with van der Waals surface area (Å²) in [7, 11) is -2.32. The predicted molar refractivity (Wildman–Crippen MR) is 82.6 cm³/mol. The standard InChI is InChI=1S/C13H19FN2O4S.ClH/c1-19-6-7-20-12-3-2-10(14)8-13(12)21(17,18)16-11-4-5-15-9-11;/h2-3,8,11,15-16H,4-7,9H2,1H3;1H. The van der Waals surface area contributed by atoms with Crippen LogP contribution in [0.5, 0.6) is 5.75 Å². The van der Waals surface area contributed by atoms with Gasteiger partial charge in [0.25, 0.3) is 0 Å². The molecule has 126 valence electrons. The predicted octanol–water partition coefficient (Wildman–Crippen LogP) is 0.913. The molecular formula is C13H20ClFN2O4S. The zero-order valence-corrected chi connectivity index (χ0v) is 13.8. The average Bonchev–Trinajstić information content (AvgIpc) is 2.92. The fourth-order valence-corrected chi connectivity index (χ4v) is 3.51. The van der Waals surface area contributed by atoms with Gasteiger partial charge in [0.2, 0.25) is 10.0 Å². The molecule has 1 heterocycles. The lowest BCUT2D eigenvalue weighted by atomic mass is 10.3. The van der Waals surface area contributed by atoms with Crippen molar-refractivity contribution in [1.29, 1.82) is 0 Å². The summed E-state index contributed by atoms with van der Waals surface area (Å²) < 4.78 is 50.9. The van der Waals surface area contributed by atoms with E-state index in [1.807, 2.05) is 0 Å². The normalized spacial score (nSPS) is 18.0. The van der Waals surface area contributed by atoms with Gasteiger partial charge in [-0.2, -0.15) is 0 Å². The van der Waals surface area contributed by atoms with E-state index >= 15 is 0 Å². The van der Waals surface area contributed by atoms with E-state index in [2.05, 4.69) is 10.0 Å². The first-order chi connectivity index (χ1) is 10.0. The minimum atomic E-state index is -3.83. The zero-order chi connectivity index (χ0) is 15.3. The number of methoxy groups -OCH3 is 1. The lowest BCUT2D eigenvalue weighted by Gasteiger charge is -2.15. The Kier molecular flexibility index (Phi) is 7.51. The van der Waals surface area contributed by atoms with Crippen LogP contribution < -0.4 is 14.8 Å². The highest BCUT2D eigenvalue weighted by molar-refractivity contribution is 7.89. The molecular weight excluding hydrogens is 335 g/mol. The van der Waals surface area contributed by atoms with E-state index in [4.69, 9.17) is 9.47 Å². The Labute approximate surface area is 135 Å². The second-order valence-corrected chi connectivity index (χ2v) is 6.43. The Balaban J connectivity index is 0.00000242. The molecule has 1 aromatic carbocycles. The van der Waals surface area contributed by atoms with Crippen LogP contribution in [0, 0.1) is 5.82 Å². The van der Waals surface area contributed by atoms with Crippen molar-refractivity contribution in [3.8, 4) is 5.75 Å². The van der Waals surface area contributed by atoms with Gasteiger partial charge in [-0.1, -0.05) is 0 Å². The lowest BCUT2D eigenvalue weighted by molar-refractivity contribution is 0.144. The minimum absolute atomic E-state index is 0. The van der Waals surface area contributed by atoms with Crippen LogP contribution in [0.1, 0.15) is 6.42 Å². The molecule has 0 radical (unpaired) electrons. The molecule has 9 heteroatoms.